The van der Waals surface area contributed by atoms with Crippen molar-refractivity contribution in [3.05, 3.63) is 36.2 Å². The maximum Gasteiger partial charge on any atom is 0.0774 e. The van der Waals surface area contributed by atoms with Crippen molar-refractivity contribution < 1.29 is 0 Å². The van der Waals surface area contributed by atoms with Gasteiger partial charge in [-0.05, 0) is 25.0 Å². The molecule has 0 spiro atoms. The van der Waals surface area contributed by atoms with Crippen LogP contribution in [0, 0.1) is 0 Å². The Bertz CT molecular complexity index is 561. The maximum atomic E-state index is 3.96. The van der Waals surface area contributed by atoms with Gasteiger partial charge in [-0.25, -0.2) is 0 Å². The van der Waals surface area contributed by atoms with Crippen LogP contribution in [0.5, 0.6) is 0 Å². The van der Waals surface area contributed by atoms with E-state index in [0.29, 0.717) is 0 Å². The van der Waals surface area contributed by atoms with Crippen LogP contribution in [0.2, 0.25) is 0 Å². The molecule has 1 aromatic heterocycles. The lowest BCUT2D eigenvalue weighted by molar-refractivity contribution is 0.683. The number of benzene rings is 1. The van der Waals surface area contributed by atoms with Crippen molar-refractivity contribution in [3.8, 4) is 0 Å². The van der Waals surface area contributed by atoms with E-state index in [4.69, 9.17) is 0 Å². The van der Waals surface area contributed by atoms with Crippen molar-refractivity contribution in [2.45, 2.75) is 42.4 Å². The maximum absolute atomic E-state index is 3.96. The monoisotopic (exact) mass is 288 g/mol. The molecule has 0 atom stereocenters. The van der Waals surface area contributed by atoms with Crippen molar-refractivity contribution in [1.82, 2.24) is 15.0 Å². The van der Waals surface area contributed by atoms with E-state index in [-0.39, 0.29) is 0 Å². The van der Waals surface area contributed by atoms with Gasteiger partial charge in [-0.2, -0.15) is 0 Å². The fourth-order valence-electron chi connectivity index (χ4n) is 2.56. The Balaban J connectivity index is 1.67. The third-order valence-corrected chi connectivity index (χ3v) is 5.17. The van der Waals surface area contributed by atoms with Gasteiger partial charge in [0.2, 0.25) is 0 Å². The number of aromatic nitrogens is 3. The van der Waals surface area contributed by atoms with Gasteiger partial charge in [0.05, 0.1) is 18.4 Å². The third kappa shape index (κ3) is 3.15. The van der Waals surface area contributed by atoms with Crippen molar-refractivity contribution >= 4 is 17.4 Å². The molecule has 1 aromatic carbocycles. The second kappa shape index (κ2) is 6.31. The summed E-state index contributed by atoms with van der Waals surface area (Å²) in [7, 11) is 1.92. The van der Waals surface area contributed by atoms with Gasteiger partial charge < -0.3 is 5.32 Å². The summed E-state index contributed by atoms with van der Waals surface area (Å²) >= 11 is 2.02. The van der Waals surface area contributed by atoms with Crippen LogP contribution in [0.3, 0.4) is 0 Å². The average molecular weight is 288 g/mol. The Morgan fingerprint density at radius 2 is 2.10 bits per heavy atom. The molecule has 0 amide bonds. The topological polar surface area (TPSA) is 42.7 Å². The van der Waals surface area contributed by atoms with E-state index in [2.05, 4.69) is 39.9 Å². The minimum Gasteiger partial charge on any atom is -0.378 e. The van der Waals surface area contributed by atoms with Crippen LogP contribution in [0.15, 0.2) is 35.4 Å². The van der Waals surface area contributed by atoms with Crippen LogP contribution >= 0.6 is 11.8 Å². The Hall–Kier alpha value is -1.49. The minimum atomic E-state index is 0.756. The highest BCUT2D eigenvalue weighted by Gasteiger charge is 2.17. The lowest BCUT2D eigenvalue weighted by Gasteiger charge is -2.14. The van der Waals surface area contributed by atoms with E-state index in [1.165, 1.54) is 36.3 Å². The number of nitrogens with one attached hydrogen (secondary N) is 1. The number of para-hydroxylation sites is 1. The summed E-state index contributed by atoms with van der Waals surface area (Å²) < 4.78 is 1.81. The van der Waals surface area contributed by atoms with Crippen LogP contribution in [0.1, 0.15) is 31.4 Å². The van der Waals surface area contributed by atoms with Crippen LogP contribution in [-0.2, 0) is 13.6 Å². The second-order valence-corrected chi connectivity index (χ2v) is 6.57. The Labute approximate surface area is 124 Å². The smallest absolute Gasteiger partial charge is 0.0774 e. The van der Waals surface area contributed by atoms with Gasteiger partial charge in [0.1, 0.15) is 0 Å². The quantitative estimate of drug-likeness (QED) is 0.915. The fourth-order valence-corrected chi connectivity index (χ4v) is 3.91. The van der Waals surface area contributed by atoms with Crippen molar-refractivity contribution in [1.29, 1.82) is 0 Å². The summed E-state index contributed by atoms with van der Waals surface area (Å²) in [6.07, 6.45) is 7.27. The lowest BCUT2D eigenvalue weighted by atomic mass is 10.3. The largest absolute Gasteiger partial charge is 0.378 e. The first-order chi connectivity index (χ1) is 9.83. The average Bonchev–Trinajstić information content (AvgIpc) is 3.10. The van der Waals surface area contributed by atoms with Crippen LogP contribution in [-0.4, -0.2) is 20.2 Å². The third-order valence-electron chi connectivity index (χ3n) is 3.75. The highest BCUT2D eigenvalue weighted by atomic mass is 32.2. The molecule has 1 saturated carbocycles. The molecular weight excluding hydrogens is 268 g/mol. The Kier molecular flexibility index (Phi) is 4.25. The zero-order valence-corrected chi connectivity index (χ0v) is 12.6. The molecular formula is C15H20N4S. The molecule has 1 N–H and O–H groups in total. The Morgan fingerprint density at radius 1 is 1.30 bits per heavy atom. The second-order valence-electron chi connectivity index (χ2n) is 5.22. The van der Waals surface area contributed by atoms with Crippen molar-refractivity contribution in [2.24, 2.45) is 7.05 Å². The van der Waals surface area contributed by atoms with Gasteiger partial charge in [-0.1, -0.05) is 30.2 Å². The number of aryl methyl sites for hydroxylation is 1. The standard InChI is InChI=1S/C15H20N4S/c1-19-12(11-17-18-19)10-16-14-8-4-5-9-15(14)20-13-6-2-3-7-13/h4-5,8-9,11,13,16H,2-3,6-7,10H2,1H3. The minimum absolute atomic E-state index is 0.756. The zero-order valence-electron chi connectivity index (χ0n) is 11.7. The highest BCUT2D eigenvalue weighted by molar-refractivity contribution is 8.00. The molecule has 106 valence electrons. The van der Waals surface area contributed by atoms with Gasteiger partial charge >= 0.3 is 0 Å². The first-order valence-corrected chi connectivity index (χ1v) is 8.04. The normalized spacial score (nSPS) is 15.7. The molecule has 0 aliphatic heterocycles. The highest BCUT2D eigenvalue weighted by Crippen LogP contribution is 2.38. The van der Waals surface area contributed by atoms with Crippen molar-refractivity contribution in [2.75, 3.05) is 5.32 Å². The summed E-state index contributed by atoms with van der Waals surface area (Å²) in [5.74, 6) is 0. The number of rotatable bonds is 5. The molecule has 1 aliphatic carbocycles. The van der Waals surface area contributed by atoms with Gasteiger partial charge in [0.25, 0.3) is 0 Å². The lowest BCUT2D eigenvalue weighted by Crippen LogP contribution is -2.06. The molecule has 0 radical (unpaired) electrons. The molecule has 3 rings (SSSR count). The van der Waals surface area contributed by atoms with E-state index in [0.717, 1.165) is 17.5 Å². The predicted molar refractivity (Wildman–Crippen MR) is 82.9 cm³/mol. The molecule has 2 aromatic rings. The molecule has 0 saturated heterocycles. The van der Waals surface area contributed by atoms with Crippen LogP contribution in [0.4, 0.5) is 5.69 Å². The van der Waals surface area contributed by atoms with E-state index >= 15 is 0 Å². The van der Waals surface area contributed by atoms with E-state index in [9.17, 15) is 0 Å². The summed E-state index contributed by atoms with van der Waals surface area (Å²) in [5, 5.41) is 12.2. The number of hydrogen-bond donors (Lipinski definition) is 1. The number of thioether (sulfide) groups is 1. The number of nitrogens with zero attached hydrogens (tertiary/aromatic N) is 3. The summed E-state index contributed by atoms with van der Waals surface area (Å²) in [5.41, 5.74) is 2.30. The fraction of sp³-hybridized carbons (Fsp3) is 0.467. The molecule has 4 nitrogen and oxygen atoms in total. The number of anilines is 1. The van der Waals surface area contributed by atoms with Crippen molar-refractivity contribution in [3.63, 3.8) is 0 Å². The molecule has 20 heavy (non-hydrogen) atoms. The Morgan fingerprint density at radius 3 is 2.85 bits per heavy atom. The molecule has 0 bridgehead atoms. The van der Waals surface area contributed by atoms with E-state index < -0.39 is 0 Å². The summed E-state index contributed by atoms with van der Waals surface area (Å²) in [6.45, 7) is 0.756. The van der Waals surface area contributed by atoms with Gasteiger partial charge in [-0.15, -0.1) is 16.9 Å². The predicted octanol–water partition coefficient (Wildman–Crippen LogP) is 3.46. The summed E-state index contributed by atoms with van der Waals surface area (Å²) in [4.78, 5) is 1.36. The first-order valence-electron chi connectivity index (χ1n) is 7.16. The first kappa shape index (κ1) is 13.5. The molecule has 1 fully saturated rings. The zero-order chi connectivity index (χ0) is 13.8. The van der Waals surface area contributed by atoms with Gasteiger partial charge in [0.15, 0.2) is 0 Å². The number of hydrogen-bond acceptors (Lipinski definition) is 4. The van der Waals surface area contributed by atoms with Gasteiger partial charge in [0, 0.05) is 22.9 Å². The summed E-state index contributed by atoms with van der Waals surface area (Å²) in [6, 6.07) is 8.57. The van der Waals surface area contributed by atoms with Gasteiger partial charge in [-0.3, -0.25) is 4.68 Å². The van der Waals surface area contributed by atoms with E-state index in [1.807, 2.05) is 18.8 Å². The van der Waals surface area contributed by atoms with E-state index in [1.54, 1.807) is 10.9 Å². The molecule has 5 heteroatoms. The SMILES string of the molecule is Cn1nncc1CNc1ccccc1SC1CCCC1. The molecule has 1 heterocycles. The molecule has 0 unspecified atom stereocenters. The molecule has 1 aliphatic rings. The van der Waals surface area contributed by atoms with Crippen LogP contribution < -0.4 is 5.32 Å². The van der Waals surface area contributed by atoms with Crippen LogP contribution in [0.25, 0.3) is 0 Å².